The Hall–Kier alpha value is -2.90. The summed E-state index contributed by atoms with van der Waals surface area (Å²) in [6, 6.07) is 14.5. The zero-order chi connectivity index (χ0) is 21.5. The number of para-hydroxylation sites is 1. The molecule has 4 aromatic rings. The van der Waals surface area contributed by atoms with Crippen molar-refractivity contribution < 1.29 is 13.9 Å². The van der Waals surface area contributed by atoms with Crippen molar-refractivity contribution in [2.75, 3.05) is 19.6 Å². The first-order chi connectivity index (χ1) is 15.7. The Balaban J connectivity index is 1.12. The number of benzene rings is 2. The lowest BCUT2D eigenvalue weighted by atomic mass is 10.0. The number of rotatable bonds is 5. The molecule has 7 heteroatoms. The molecule has 32 heavy (non-hydrogen) atoms. The van der Waals surface area contributed by atoms with Crippen molar-refractivity contribution in [2.24, 2.45) is 0 Å². The molecule has 0 radical (unpaired) electrons. The molecule has 0 aliphatic carbocycles. The van der Waals surface area contributed by atoms with Gasteiger partial charge >= 0.3 is 0 Å². The number of furan rings is 1. The Morgan fingerprint density at radius 3 is 2.81 bits per heavy atom. The highest BCUT2D eigenvalue weighted by Crippen LogP contribution is 2.34. The number of hydrogen-bond acceptors (Lipinski definition) is 6. The largest absolute Gasteiger partial charge is 0.464 e. The van der Waals surface area contributed by atoms with Crippen LogP contribution in [0.25, 0.3) is 21.2 Å². The van der Waals surface area contributed by atoms with E-state index in [2.05, 4.69) is 20.9 Å². The number of fused-ring (bicyclic) bond motifs is 2. The minimum Gasteiger partial charge on any atom is -0.464 e. The molecule has 0 N–H and O–H groups in total. The third-order valence-electron chi connectivity index (χ3n) is 6.61. The Bertz CT molecular complexity index is 1240. The number of likely N-dealkylation sites (tertiary alicyclic amines) is 2. The number of nitrogens with zero attached hydrogens (tertiary/aromatic N) is 3. The van der Waals surface area contributed by atoms with Gasteiger partial charge in [-0.25, -0.2) is 4.98 Å². The van der Waals surface area contributed by atoms with Crippen molar-refractivity contribution in [3.05, 3.63) is 54.3 Å². The Kier molecular flexibility index (Phi) is 5.08. The topological polar surface area (TPSA) is 58.8 Å². The molecule has 2 aromatic heterocycles. The van der Waals surface area contributed by atoms with Crippen molar-refractivity contribution in [1.29, 1.82) is 0 Å². The van der Waals surface area contributed by atoms with Crippen LogP contribution in [0.4, 0.5) is 0 Å². The molecular weight excluding hydrogens is 422 g/mol. The third kappa shape index (κ3) is 3.76. The summed E-state index contributed by atoms with van der Waals surface area (Å²) >= 11 is 1.54. The van der Waals surface area contributed by atoms with Gasteiger partial charge in [0, 0.05) is 55.7 Å². The second-order valence-corrected chi connectivity index (χ2v) is 9.66. The maximum absolute atomic E-state index is 12.0. The van der Waals surface area contributed by atoms with Crippen LogP contribution in [0, 0.1) is 0 Å². The lowest BCUT2D eigenvalue weighted by Gasteiger charge is -2.36. The van der Waals surface area contributed by atoms with E-state index in [0.717, 1.165) is 78.8 Å². The molecule has 0 saturated carbocycles. The molecule has 4 heterocycles. The van der Waals surface area contributed by atoms with Crippen molar-refractivity contribution in [1.82, 2.24) is 14.8 Å². The molecule has 6 nitrogen and oxygen atoms in total. The first-order valence-corrected chi connectivity index (χ1v) is 12.1. The molecule has 0 unspecified atom stereocenters. The van der Waals surface area contributed by atoms with Gasteiger partial charge in [-0.2, -0.15) is 0 Å². The molecular formula is C25H25N3O3S. The average molecular weight is 448 g/mol. The summed E-state index contributed by atoms with van der Waals surface area (Å²) in [5, 5.41) is 1.76. The maximum Gasteiger partial charge on any atom is 0.279 e. The number of aromatic nitrogens is 1. The number of carbonyl (C=O) groups is 1. The average Bonchev–Trinajstić information content (AvgIpc) is 3.52. The van der Waals surface area contributed by atoms with Gasteiger partial charge in [0.05, 0.1) is 16.5 Å². The van der Waals surface area contributed by atoms with Crippen molar-refractivity contribution in [2.45, 2.75) is 38.3 Å². The molecule has 164 valence electrons. The van der Waals surface area contributed by atoms with E-state index in [1.807, 2.05) is 42.7 Å². The van der Waals surface area contributed by atoms with Crippen LogP contribution in [0.3, 0.4) is 0 Å². The fraction of sp³-hybridized carbons (Fsp3) is 0.360. The highest BCUT2D eigenvalue weighted by molar-refractivity contribution is 7.20. The van der Waals surface area contributed by atoms with Gasteiger partial charge in [0.1, 0.15) is 11.3 Å². The van der Waals surface area contributed by atoms with Crippen LogP contribution >= 0.6 is 11.3 Å². The van der Waals surface area contributed by atoms with Crippen LogP contribution in [-0.2, 0) is 11.3 Å². The van der Waals surface area contributed by atoms with Crippen LogP contribution in [0.2, 0.25) is 0 Å². The fourth-order valence-corrected chi connectivity index (χ4v) is 5.77. The summed E-state index contributed by atoms with van der Waals surface area (Å²) in [6.45, 7) is 3.84. The zero-order valence-electron chi connectivity index (χ0n) is 17.8. The first kappa shape index (κ1) is 19.8. The Labute approximate surface area is 190 Å². The number of hydrogen-bond donors (Lipinski definition) is 0. The van der Waals surface area contributed by atoms with E-state index in [1.165, 1.54) is 5.56 Å². The van der Waals surface area contributed by atoms with E-state index in [9.17, 15) is 4.79 Å². The monoisotopic (exact) mass is 447 g/mol. The van der Waals surface area contributed by atoms with Gasteiger partial charge in [-0.05, 0) is 43.5 Å². The van der Waals surface area contributed by atoms with Crippen molar-refractivity contribution in [3.8, 4) is 10.9 Å². The number of amides is 1. The highest BCUT2D eigenvalue weighted by atomic mass is 32.1. The molecule has 2 aliphatic rings. The van der Waals surface area contributed by atoms with E-state index in [-0.39, 0.29) is 0 Å². The van der Waals surface area contributed by atoms with Crippen LogP contribution in [-0.4, -0.2) is 46.4 Å². The molecule has 2 fully saturated rings. The van der Waals surface area contributed by atoms with Crippen LogP contribution in [0.15, 0.2) is 53.1 Å². The first-order valence-electron chi connectivity index (χ1n) is 11.3. The SMILES string of the molecule is O=C1CCCN1C1CCN(Cc2coc3cc(Oc4nc5ccccc5s4)ccc23)CC1. The molecule has 0 bridgehead atoms. The highest BCUT2D eigenvalue weighted by Gasteiger charge is 2.30. The fourth-order valence-electron chi connectivity index (χ4n) is 4.93. The number of thiazole rings is 1. The number of carbonyl (C=O) groups excluding carboxylic acids is 1. The molecule has 0 atom stereocenters. The second kappa shape index (κ2) is 8.22. The zero-order valence-corrected chi connectivity index (χ0v) is 18.6. The van der Waals surface area contributed by atoms with Crippen molar-refractivity contribution >= 4 is 38.4 Å². The summed E-state index contributed by atoms with van der Waals surface area (Å²) in [5.74, 6) is 1.07. The minimum atomic E-state index is 0.341. The molecule has 2 aromatic carbocycles. The lowest BCUT2D eigenvalue weighted by Crippen LogP contribution is -2.45. The van der Waals surface area contributed by atoms with E-state index in [1.54, 1.807) is 11.3 Å². The van der Waals surface area contributed by atoms with E-state index >= 15 is 0 Å². The lowest BCUT2D eigenvalue weighted by molar-refractivity contribution is -0.130. The summed E-state index contributed by atoms with van der Waals surface area (Å²) in [6.07, 6.45) is 5.72. The Morgan fingerprint density at radius 2 is 2.00 bits per heavy atom. The van der Waals surface area contributed by atoms with Gasteiger partial charge in [-0.15, -0.1) is 0 Å². The second-order valence-electron chi connectivity index (χ2n) is 8.67. The van der Waals surface area contributed by atoms with Crippen LogP contribution < -0.4 is 4.74 Å². The summed E-state index contributed by atoms with van der Waals surface area (Å²) in [4.78, 5) is 21.2. The van der Waals surface area contributed by atoms with Gasteiger partial charge in [0.25, 0.3) is 5.19 Å². The standard InChI is InChI=1S/C25H25N3O3S/c29-24-6-3-11-28(24)18-9-12-27(13-10-18)15-17-16-30-22-14-19(7-8-20(17)22)31-25-26-21-4-1-2-5-23(21)32-25/h1-2,4-5,7-8,14,16,18H,3,6,9-13,15H2. The minimum absolute atomic E-state index is 0.341. The third-order valence-corrected chi connectivity index (χ3v) is 7.52. The molecule has 0 spiro atoms. The summed E-state index contributed by atoms with van der Waals surface area (Å²) < 4.78 is 13.0. The van der Waals surface area contributed by atoms with Crippen molar-refractivity contribution in [3.63, 3.8) is 0 Å². The summed E-state index contributed by atoms with van der Waals surface area (Å²) in [5.41, 5.74) is 2.98. The van der Waals surface area contributed by atoms with Gasteiger partial charge < -0.3 is 14.1 Å². The quantitative estimate of drug-likeness (QED) is 0.409. The van der Waals surface area contributed by atoms with Gasteiger partial charge in [0.15, 0.2) is 0 Å². The summed E-state index contributed by atoms with van der Waals surface area (Å²) in [7, 11) is 0. The normalized spacial score (nSPS) is 18.2. The smallest absolute Gasteiger partial charge is 0.279 e. The van der Waals surface area contributed by atoms with E-state index in [0.29, 0.717) is 17.1 Å². The molecule has 1 amide bonds. The Morgan fingerprint density at radius 1 is 1.12 bits per heavy atom. The van der Waals surface area contributed by atoms with Gasteiger partial charge in [-0.3, -0.25) is 9.69 Å². The maximum atomic E-state index is 12.0. The molecule has 6 rings (SSSR count). The molecule has 2 saturated heterocycles. The van der Waals surface area contributed by atoms with E-state index < -0.39 is 0 Å². The number of ether oxygens (including phenoxy) is 1. The van der Waals surface area contributed by atoms with Crippen LogP contribution in [0.1, 0.15) is 31.2 Å². The van der Waals surface area contributed by atoms with Gasteiger partial charge in [0.2, 0.25) is 5.91 Å². The predicted octanol–water partition coefficient (Wildman–Crippen LogP) is 5.42. The number of piperidine rings is 1. The van der Waals surface area contributed by atoms with Gasteiger partial charge in [-0.1, -0.05) is 23.5 Å². The predicted molar refractivity (Wildman–Crippen MR) is 125 cm³/mol. The van der Waals surface area contributed by atoms with E-state index in [4.69, 9.17) is 9.15 Å². The van der Waals surface area contributed by atoms with Crippen LogP contribution in [0.5, 0.6) is 10.9 Å². The molecule has 2 aliphatic heterocycles.